The summed E-state index contributed by atoms with van der Waals surface area (Å²) in [6, 6.07) is 5.75. The van der Waals surface area contributed by atoms with Crippen molar-refractivity contribution >= 4 is 5.69 Å². The Bertz CT molecular complexity index is 470. The van der Waals surface area contributed by atoms with Crippen LogP contribution in [0.3, 0.4) is 0 Å². The molecule has 0 spiro atoms. The molecule has 0 bridgehead atoms. The molecule has 0 atom stereocenters. The van der Waals surface area contributed by atoms with Crippen molar-refractivity contribution in [2.24, 2.45) is 0 Å². The van der Waals surface area contributed by atoms with E-state index in [1.54, 1.807) is 0 Å². The molecule has 0 aromatic heterocycles. The summed E-state index contributed by atoms with van der Waals surface area (Å²) in [6.07, 6.45) is -4.74. The summed E-state index contributed by atoms with van der Waals surface area (Å²) in [7, 11) is 1.44. The second-order valence-corrected chi connectivity index (χ2v) is 3.38. The van der Waals surface area contributed by atoms with Crippen LogP contribution in [0.2, 0.25) is 0 Å². The molecule has 98 valence electrons. The standard InChI is InChI=1S/C10H9F3N2O3/c1-17-7-4-2-6(3-5-7)15-8(10(11,12)13)9(16)18-14-15/h2-5,14,16H,1H3. The first-order chi connectivity index (χ1) is 8.43. The number of rotatable bonds is 2. The second-order valence-electron chi connectivity index (χ2n) is 3.38. The maximum Gasteiger partial charge on any atom is 0.440 e. The van der Waals surface area contributed by atoms with E-state index in [9.17, 15) is 13.2 Å². The molecule has 2 N–H and O–H groups in total. The van der Waals surface area contributed by atoms with Crippen molar-refractivity contribution in [3.63, 3.8) is 0 Å². The fourth-order valence-corrected chi connectivity index (χ4v) is 1.44. The average Bonchev–Trinajstić information content (AvgIpc) is 2.71. The van der Waals surface area contributed by atoms with E-state index in [1.165, 1.54) is 31.4 Å². The Kier molecular flexibility index (Phi) is 2.95. The molecule has 0 amide bonds. The van der Waals surface area contributed by atoms with Gasteiger partial charge in [-0.25, -0.2) is 5.01 Å². The van der Waals surface area contributed by atoms with E-state index >= 15 is 0 Å². The zero-order valence-electron chi connectivity index (χ0n) is 9.15. The highest BCUT2D eigenvalue weighted by molar-refractivity contribution is 5.54. The summed E-state index contributed by atoms with van der Waals surface area (Å²) in [5.74, 6) is -0.723. The number of halogens is 3. The first-order valence-corrected chi connectivity index (χ1v) is 4.80. The molecule has 1 heterocycles. The summed E-state index contributed by atoms with van der Waals surface area (Å²) in [5.41, 5.74) is 0.798. The number of methoxy groups -OCH3 is 1. The molecule has 1 aliphatic rings. The molecule has 1 aromatic rings. The predicted molar refractivity (Wildman–Crippen MR) is 55.4 cm³/mol. The van der Waals surface area contributed by atoms with E-state index in [0.29, 0.717) is 10.8 Å². The Morgan fingerprint density at radius 2 is 1.89 bits per heavy atom. The monoisotopic (exact) mass is 262 g/mol. The molecule has 1 aromatic carbocycles. The number of nitrogens with zero attached hydrogens (tertiary/aromatic N) is 1. The van der Waals surface area contributed by atoms with E-state index in [-0.39, 0.29) is 5.69 Å². The Labute approximate surface area is 99.9 Å². The van der Waals surface area contributed by atoms with Gasteiger partial charge in [-0.1, -0.05) is 5.59 Å². The van der Waals surface area contributed by atoms with Crippen molar-refractivity contribution in [1.29, 1.82) is 0 Å². The number of aliphatic hydroxyl groups is 1. The first-order valence-electron chi connectivity index (χ1n) is 4.80. The highest BCUT2D eigenvalue weighted by Crippen LogP contribution is 2.35. The van der Waals surface area contributed by atoms with Gasteiger partial charge in [-0.05, 0) is 24.3 Å². The fraction of sp³-hybridized carbons (Fsp3) is 0.200. The molecule has 0 radical (unpaired) electrons. The number of alkyl halides is 3. The number of hydrogen-bond acceptors (Lipinski definition) is 5. The zero-order chi connectivity index (χ0) is 13.3. The highest BCUT2D eigenvalue weighted by atomic mass is 19.4. The molecule has 5 nitrogen and oxygen atoms in total. The maximum absolute atomic E-state index is 12.7. The quantitative estimate of drug-likeness (QED) is 0.856. The van der Waals surface area contributed by atoms with Gasteiger partial charge in [0.15, 0.2) is 0 Å². The normalized spacial score (nSPS) is 15.9. The van der Waals surface area contributed by atoms with Crippen LogP contribution >= 0.6 is 0 Å². The number of hydrazine groups is 1. The summed E-state index contributed by atoms with van der Waals surface area (Å²) < 4.78 is 43.0. The summed E-state index contributed by atoms with van der Waals surface area (Å²) in [4.78, 5) is 4.28. The molecule has 8 heteroatoms. The second kappa shape index (κ2) is 4.30. The van der Waals surface area contributed by atoms with Crippen molar-refractivity contribution in [3.05, 3.63) is 35.9 Å². The van der Waals surface area contributed by atoms with Gasteiger partial charge in [0.05, 0.1) is 12.8 Å². The Hall–Kier alpha value is -2.09. The zero-order valence-corrected chi connectivity index (χ0v) is 9.15. The largest absolute Gasteiger partial charge is 0.497 e. The lowest BCUT2D eigenvalue weighted by Gasteiger charge is -2.20. The molecule has 1 aliphatic heterocycles. The molecule has 0 fully saturated rings. The molecule has 0 saturated carbocycles. The summed E-state index contributed by atoms with van der Waals surface area (Å²) in [6.45, 7) is 0. The van der Waals surface area contributed by atoms with Crippen LogP contribution < -0.4 is 15.3 Å². The third-order valence-electron chi connectivity index (χ3n) is 2.26. The van der Waals surface area contributed by atoms with Crippen LogP contribution in [0.5, 0.6) is 5.75 Å². The average molecular weight is 262 g/mol. The molecular formula is C10H9F3N2O3. The Balaban J connectivity index is 2.33. The molecular weight excluding hydrogens is 253 g/mol. The van der Waals surface area contributed by atoms with Gasteiger partial charge < -0.3 is 14.7 Å². The van der Waals surface area contributed by atoms with Crippen molar-refractivity contribution < 1.29 is 27.9 Å². The Morgan fingerprint density at radius 1 is 1.28 bits per heavy atom. The van der Waals surface area contributed by atoms with Crippen LogP contribution in [0, 0.1) is 0 Å². The van der Waals surface area contributed by atoms with E-state index in [0.717, 1.165) is 0 Å². The van der Waals surface area contributed by atoms with Gasteiger partial charge in [0, 0.05) is 0 Å². The lowest BCUT2D eigenvalue weighted by Crippen LogP contribution is -2.36. The van der Waals surface area contributed by atoms with Crippen LogP contribution in [-0.4, -0.2) is 18.4 Å². The molecule has 0 saturated heterocycles. The predicted octanol–water partition coefficient (Wildman–Crippen LogP) is 2.24. The van der Waals surface area contributed by atoms with Gasteiger partial charge in [-0.3, -0.25) is 0 Å². The number of hydrogen-bond donors (Lipinski definition) is 2. The van der Waals surface area contributed by atoms with Gasteiger partial charge in [0.1, 0.15) is 5.75 Å². The summed E-state index contributed by atoms with van der Waals surface area (Å²) in [5, 5.41) is 9.66. The minimum absolute atomic E-state index is 0.146. The number of anilines is 1. The van der Waals surface area contributed by atoms with Crippen LogP contribution in [0.15, 0.2) is 35.9 Å². The molecule has 0 aliphatic carbocycles. The van der Waals surface area contributed by atoms with E-state index in [2.05, 4.69) is 4.84 Å². The van der Waals surface area contributed by atoms with Crippen LogP contribution in [0.25, 0.3) is 0 Å². The first kappa shape index (κ1) is 12.4. The summed E-state index contributed by atoms with van der Waals surface area (Å²) >= 11 is 0. The van der Waals surface area contributed by atoms with Crippen LogP contribution in [0.4, 0.5) is 18.9 Å². The van der Waals surface area contributed by atoms with Gasteiger partial charge in [0.25, 0.3) is 0 Å². The van der Waals surface area contributed by atoms with Crippen LogP contribution in [0.1, 0.15) is 0 Å². The van der Waals surface area contributed by atoms with E-state index in [1.807, 2.05) is 5.59 Å². The minimum Gasteiger partial charge on any atom is -0.497 e. The molecule has 18 heavy (non-hydrogen) atoms. The van der Waals surface area contributed by atoms with E-state index in [4.69, 9.17) is 9.84 Å². The highest BCUT2D eigenvalue weighted by Gasteiger charge is 2.46. The number of aliphatic hydroxyl groups excluding tert-OH is 1. The van der Waals surface area contributed by atoms with Gasteiger partial charge in [-0.15, -0.1) is 0 Å². The Morgan fingerprint density at radius 3 is 2.39 bits per heavy atom. The maximum atomic E-state index is 12.7. The number of allylic oxidation sites excluding steroid dienone is 1. The van der Waals surface area contributed by atoms with Gasteiger partial charge in [0.2, 0.25) is 5.70 Å². The van der Waals surface area contributed by atoms with Crippen molar-refractivity contribution in [1.82, 2.24) is 5.59 Å². The van der Waals surface area contributed by atoms with Crippen molar-refractivity contribution in [2.75, 3.05) is 12.1 Å². The number of nitrogens with one attached hydrogen (secondary N) is 1. The smallest absolute Gasteiger partial charge is 0.440 e. The third kappa shape index (κ3) is 2.14. The third-order valence-corrected chi connectivity index (χ3v) is 2.26. The number of ether oxygens (including phenoxy) is 1. The number of benzene rings is 1. The van der Waals surface area contributed by atoms with Crippen LogP contribution in [-0.2, 0) is 4.84 Å². The fourth-order valence-electron chi connectivity index (χ4n) is 1.44. The topological polar surface area (TPSA) is 54.0 Å². The van der Waals surface area contributed by atoms with E-state index < -0.39 is 17.8 Å². The van der Waals surface area contributed by atoms with Crippen molar-refractivity contribution in [3.8, 4) is 5.75 Å². The van der Waals surface area contributed by atoms with Crippen molar-refractivity contribution in [2.45, 2.75) is 6.18 Å². The SMILES string of the molecule is COc1ccc(N2NOC(O)=C2C(F)(F)F)cc1. The minimum atomic E-state index is -4.74. The van der Waals surface area contributed by atoms with Gasteiger partial charge in [-0.2, -0.15) is 13.2 Å². The lowest BCUT2D eigenvalue weighted by molar-refractivity contribution is -0.0959. The van der Waals surface area contributed by atoms with Gasteiger partial charge >= 0.3 is 12.1 Å². The lowest BCUT2D eigenvalue weighted by atomic mass is 10.2. The molecule has 0 unspecified atom stereocenters. The molecule has 2 rings (SSSR count).